The minimum atomic E-state index is -0.284. The Kier molecular flexibility index (Phi) is 5.09. The van der Waals surface area contributed by atoms with Crippen molar-refractivity contribution in [3.63, 3.8) is 0 Å². The lowest BCUT2D eigenvalue weighted by Gasteiger charge is -2.13. The highest BCUT2D eigenvalue weighted by atomic mass is 32.1. The van der Waals surface area contributed by atoms with Crippen LogP contribution in [0, 0.1) is 13.8 Å². The van der Waals surface area contributed by atoms with E-state index >= 15 is 0 Å². The second-order valence-corrected chi connectivity index (χ2v) is 8.07. The Morgan fingerprint density at radius 2 is 1.87 bits per heavy atom. The first-order valence-corrected chi connectivity index (χ1v) is 10.3. The summed E-state index contributed by atoms with van der Waals surface area (Å²) in [6.07, 6.45) is 0. The van der Waals surface area contributed by atoms with E-state index in [1.165, 1.54) is 6.92 Å². The fourth-order valence-corrected chi connectivity index (χ4v) is 4.11. The molecule has 0 radical (unpaired) electrons. The van der Waals surface area contributed by atoms with Crippen LogP contribution >= 0.6 is 11.3 Å². The molecule has 8 heteroatoms. The molecule has 0 aliphatic heterocycles. The van der Waals surface area contributed by atoms with Crippen molar-refractivity contribution < 1.29 is 9.59 Å². The largest absolute Gasteiger partial charge is 0.325 e. The normalized spacial score (nSPS) is 10.9. The summed E-state index contributed by atoms with van der Waals surface area (Å²) in [4.78, 5) is 30.6. The number of fused-ring (bicyclic) bond motifs is 1. The van der Waals surface area contributed by atoms with Crippen LogP contribution in [0.4, 0.5) is 11.4 Å². The number of thiophene rings is 1. The molecule has 1 aromatic carbocycles. The van der Waals surface area contributed by atoms with Gasteiger partial charge >= 0.3 is 0 Å². The van der Waals surface area contributed by atoms with Gasteiger partial charge in [0.2, 0.25) is 5.91 Å². The highest BCUT2D eigenvalue weighted by Gasteiger charge is 2.20. The fraction of sp³-hybridized carbons (Fsp3) is 0.182. The lowest BCUT2D eigenvalue weighted by atomic mass is 10.1. The highest BCUT2D eigenvalue weighted by Crippen LogP contribution is 2.31. The molecule has 0 fully saturated rings. The highest BCUT2D eigenvalue weighted by molar-refractivity contribution is 7.13. The molecule has 0 saturated carbocycles. The Hall–Kier alpha value is -3.52. The third-order valence-corrected chi connectivity index (χ3v) is 5.61. The third-order valence-electron chi connectivity index (χ3n) is 4.72. The van der Waals surface area contributed by atoms with Crippen molar-refractivity contribution in [1.82, 2.24) is 14.8 Å². The van der Waals surface area contributed by atoms with E-state index in [2.05, 4.69) is 15.7 Å². The van der Waals surface area contributed by atoms with Crippen LogP contribution in [0.15, 0.2) is 41.8 Å². The van der Waals surface area contributed by atoms with Crippen LogP contribution in [0.2, 0.25) is 0 Å². The van der Waals surface area contributed by atoms with Gasteiger partial charge in [-0.1, -0.05) is 12.1 Å². The molecule has 4 aromatic rings. The molecule has 2 amide bonds. The third kappa shape index (κ3) is 3.69. The number of aryl methyl sites for hydroxylation is 3. The van der Waals surface area contributed by atoms with Crippen LogP contribution in [0.5, 0.6) is 0 Å². The standard InChI is InChI=1S/C22H21N5O2S/c1-12-7-8-16(23-14(3)28)17(10-12)25-22(29)15-11-18(19-6-5-9-30-19)24-21-20(15)13(2)26-27(21)4/h5-11H,1-4H3,(H,23,28)(H,25,29). The van der Waals surface area contributed by atoms with Crippen molar-refractivity contribution >= 4 is 45.6 Å². The number of amides is 2. The number of aromatic nitrogens is 3. The van der Waals surface area contributed by atoms with Gasteiger partial charge < -0.3 is 10.6 Å². The first-order chi connectivity index (χ1) is 14.3. The molecule has 0 aliphatic carbocycles. The van der Waals surface area contributed by atoms with Crippen LogP contribution in [-0.2, 0) is 11.8 Å². The SMILES string of the molecule is CC(=O)Nc1ccc(C)cc1NC(=O)c1cc(-c2cccs2)nc2c1c(C)nn2C. The van der Waals surface area contributed by atoms with Crippen molar-refractivity contribution in [2.45, 2.75) is 20.8 Å². The number of pyridine rings is 1. The lowest BCUT2D eigenvalue weighted by Crippen LogP contribution is -2.16. The van der Waals surface area contributed by atoms with E-state index < -0.39 is 0 Å². The molecule has 30 heavy (non-hydrogen) atoms. The second kappa shape index (κ2) is 7.72. The zero-order chi connectivity index (χ0) is 21.4. The van der Waals surface area contributed by atoms with E-state index in [1.54, 1.807) is 28.2 Å². The number of carbonyl (C=O) groups excluding carboxylic acids is 2. The lowest BCUT2D eigenvalue weighted by molar-refractivity contribution is -0.114. The number of hydrogen-bond acceptors (Lipinski definition) is 5. The molecule has 0 unspecified atom stereocenters. The molecule has 7 nitrogen and oxygen atoms in total. The Morgan fingerprint density at radius 3 is 2.57 bits per heavy atom. The van der Waals surface area contributed by atoms with E-state index in [0.29, 0.717) is 28.0 Å². The summed E-state index contributed by atoms with van der Waals surface area (Å²) in [5, 5.41) is 12.9. The molecule has 3 aromatic heterocycles. The zero-order valence-corrected chi connectivity index (χ0v) is 17.9. The van der Waals surface area contributed by atoms with Crippen LogP contribution < -0.4 is 10.6 Å². The molecule has 0 bridgehead atoms. The topological polar surface area (TPSA) is 88.9 Å². The van der Waals surface area contributed by atoms with Crippen molar-refractivity contribution in [2.24, 2.45) is 7.05 Å². The van der Waals surface area contributed by atoms with Gasteiger partial charge in [0.05, 0.1) is 38.6 Å². The van der Waals surface area contributed by atoms with Crippen LogP contribution in [0.25, 0.3) is 21.6 Å². The predicted molar refractivity (Wildman–Crippen MR) is 120 cm³/mol. The minimum absolute atomic E-state index is 0.205. The Morgan fingerprint density at radius 1 is 1.07 bits per heavy atom. The van der Waals surface area contributed by atoms with E-state index in [1.807, 2.05) is 50.5 Å². The number of rotatable bonds is 4. The van der Waals surface area contributed by atoms with Crippen molar-refractivity contribution in [3.05, 3.63) is 58.6 Å². The monoisotopic (exact) mass is 419 g/mol. The minimum Gasteiger partial charge on any atom is -0.325 e. The first kappa shape index (κ1) is 19.8. The number of nitrogens with zero attached hydrogens (tertiary/aromatic N) is 3. The van der Waals surface area contributed by atoms with Gasteiger partial charge in [0.15, 0.2) is 5.65 Å². The quantitative estimate of drug-likeness (QED) is 0.509. The molecule has 0 aliphatic rings. The number of hydrogen-bond donors (Lipinski definition) is 2. The first-order valence-electron chi connectivity index (χ1n) is 9.41. The summed E-state index contributed by atoms with van der Waals surface area (Å²) >= 11 is 1.56. The predicted octanol–water partition coefficient (Wildman–Crippen LogP) is 4.52. The molecular weight excluding hydrogens is 398 g/mol. The summed E-state index contributed by atoms with van der Waals surface area (Å²) in [5.41, 5.74) is 4.65. The van der Waals surface area contributed by atoms with Gasteiger partial charge in [-0.25, -0.2) is 4.98 Å². The maximum Gasteiger partial charge on any atom is 0.256 e. The van der Waals surface area contributed by atoms with Gasteiger partial charge in [0, 0.05) is 14.0 Å². The molecule has 2 N–H and O–H groups in total. The van der Waals surface area contributed by atoms with Crippen molar-refractivity contribution in [2.75, 3.05) is 10.6 Å². The summed E-state index contributed by atoms with van der Waals surface area (Å²) in [6, 6.07) is 11.2. The van der Waals surface area contributed by atoms with Crippen LogP contribution in [-0.4, -0.2) is 26.6 Å². The van der Waals surface area contributed by atoms with Gasteiger partial charge in [0.25, 0.3) is 5.91 Å². The Labute approximate surface area is 177 Å². The van der Waals surface area contributed by atoms with Crippen LogP contribution in [0.3, 0.4) is 0 Å². The molecule has 4 rings (SSSR count). The van der Waals surface area contributed by atoms with Crippen molar-refractivity contribution in [3.8, 4) is 10.6 Å². The van der Waals surface area contributed by atoms with Gasteiger partial charge in [-0.3, -0.25) is 14.3 Å². The average Bonchev–Trinajstić information content (AvgIpc) is 3.32. The van der Waals surface area contributed by atoms with Gasteiger partial charge in [0.1, 0.15) is 0 Å². The smallest absolute Gasteiger partial charge is 0.256 e. The molecular formula is C22H21N5O2S. The summed E-state index contributed by atoms with van der Waals surface area (Å²) < 4.78 is 1.69. The average molecular weight is 420 g/mol. The van der Waals surface area contributed by atoms with E-state index in [9.17, 15) is 9.59 Å². The maximum atomic E-state index is 13.4. The van der Waals surface area contributed by atoms with E-state index in [-0.39, 0.29) is 11.8 Å². The van der Waals surface area contributed by atoms with E-state index in [4.69, 9.17) is 4.98 Å². The molecule has 0 saturated heterocycles. The fourth-order valence-electron chi connectivity index (χ4n) is 3.42. The second-order valence-electron chi connectivity index (χ2n) is 7.12. The van der Waals surface area contributed by atoms with E-state index in [0.717, 1.165) is 21.8 Å². The number of nitrogens with one attached hydrogen (secondary N) is 2. The number of anilines is 2. The Balaban J connectivity index is 1.82. The number of carbonyl (C=O) groups is 2. The summed E-state index contributed by atoms with van der Waals surface area (Å²) in [6.45, 7) is 5.23. The summed E-state index contributed by atoms with van der Waals surface area (Å²) in [5.74, 6) is -0.489. The maximum absolute atomic E-state index is 13.4. The Bertz CT molecular complexity index is 1270. The van der Waals surface area contributed by atoms with Gasteiger partial charge in [-0.15, -0.1) is 11.3 Å². The summed E-state index contributed by atoms with van der Waals surface area (Å²) in [7, 11) is 1.82. The molecule has 0 spiro atoms. The molecule has 3 heterocycles. The molecule has 152 valence electrons. The van der Waals surface area contributed by atoms with Crippen molar-refractivity contribution in [1.29, 1.82) is 0 Å². The van der Waals surface area contributed by atoms with Gasteiger partial charge in [-0.05, 0) is 49.1 Å². The zero-order valence-electron chi connectivity index (χ0n) is 17.1. The van der Waals surface area contributed by atoms with Gasteiger partial charge in [-0.2, -0.15) is 5.10 Å². The number of benzene rings is 1. The van der Waals surface area contributed by atoms with Crippen LogP contribution in [0.1, 0.15) is 28.5 Å². The molecule has 0 atom stereocenters.